The van der Waals surface area contributed by atoms with E-state index in [0.717, 1.165) is 36.4 Å². The Morgan fingerprint density at radius 1 is 0.517 bits per heavy atom. The first-order chi connectivity index (χ1) is 27.2. The Kier molecular flexibility index (Phi) is 10.8. The number of nitrogens with one attached hydrogen (secondary N) is 2. The third-order valence-corrected chi connectivity index (χ3v) is 10.5. The smallest absolute Gasteiger partial charge is 0.296 e. The molecule has 8 N–H and O–H groups in total. The highest BCUT2D eigenvalue weighted by Gasteiger charge is 2.22. The van der Waals surface area contributed by atoms with E-state index in [0.29, 0.717) is 28.8 Å². The number of nitro benzene ring substituents is 1. The SMILES string of the molecule is O=[N+]([O-])c1ccc(Nc2ccc(N=Nc3ccc(Nc4ccc(N=Nc5cc(S(=O)(=O)O)cc6cc(S(=O)(=O)O)cc(O)c56)c(O)c4)cc3O)cc2)c(S(=O)(=O)O)c1. The number of aromatic hydroxyl groups is 3. The number of non-ortho nitro benzene ring substituents is 1. The summed E-state index contributed by atoms with van der Waals surface area (Å²) in [7, 11) is -14.5. The predicted molar refractivity (Wildman–Crippen MR) is 206 cm³/mol. The first-order valence-electron chi connectivity index (χ1n) is 15.8. The second kappa shape index (κ2) is 15.4. The molecule has 0 saturated carbocycles. The molecule has 0 spiro atoms. The van der Waals surface area contributed by atoms with Crippen LogP contribution in [0.15, 0.2) is 138 Å². The summed E-state index contributed by atoms with van der Waals surface area (Å²) < 4.78 is 99.2. The molecular formula is C34H25N7O14S3. The van der Waals surface area contributed by atoms with Crippen molar-refractivity contribution in [3.63, 3.8) is 0 Å². The van der Waals surface area contributed by atoms with Crippen LogP contribution in [0.1, 0.15) is 0 Å². The van der Waals surface area contributed by atoms with Crippen molar-refractivity contribution in [2.45, 2.75) is 14.7 Å². The summed E-state index contributed by atoms with van der Waals surface area (Å²) in [6, 6.07) is 20.5. The first-order valence-corrected chi connectivity index (χ1v) is 20.1. The van der Waals surface area contributed by atoms with Crippen molar-refractivity contribution in [1.82, 2.24) is 0 Å². The zero-order valence-corrected chi connectivity index (χ0v) is 31.2. The van der Waals surface area contributed by atoms with Crippen molar-refractivity contribution in [2.75, 3.05) is 10.6 Å². The topological polar surface area (TPSA) is 340 Å². The minimum atomic E-state index is -4.86. The van der Waals surface area contributed by atoms with Gasteiger partial charge < -0.3 is 26.0 Å². The van der Waals surface area contributed by atoms with E-state index in [4.69, 9.17) is 0 Å². The van der Waals surface area contributed by atoms with Crippen LogP contribution in [0.2, 0.25) is 0 Å². The molecule has 21 nitrogen and oxygen atoms in total. The van der Waals surface area contributed by atoms with E-state index in [1.807, 2.05) is 0 Å². The highest BCUT2D eigenvalue weighted by atomic mass is 32.2. The Balaban J connectivity index is 1.15. The van der Waals surface area contributed by atoms with Gasteiger partial charge in [0.15, 0.2) is 0 Å². The highest BCUT2D eigenvalue weighted by molar-refractivity contribution is 7.86. The van der Waals surface area contributed by atoms with E-state index in [9.17, 15) is 64.3 Å². The zero-order chi connectivity index (χ0) is 42.2. The lowest BCUT2D eigenvalue weighted by Crippen LogP contribution is -2.04. The Bertz CT molecular complexity index is 3050. The van der Waals surface area contributed by atoms with E-state index < -0.39 is 67.2 Å². The molecule has 0 amide bonds. The average molecular weight is 852 g/mol. The molecule has 6 rings (SSSR count). The maximum atomic E-state index is 11.9. The molecule has 0 fully saturated rings. The number of hydrogen-bond donors (Lipinski definition) is 8. The number of fused-ring (bicyclic) bond motifs is 1. The van der Waals surface area contributed by atoms with Crippen molar-refractivity contribution in [1.29, 1.82) is 0 Å². The molecule has 0 bridgehead atoms. The molecule has 0 aliphatic rings. The minimum absolute atomic E-state index is 0.0702. The standard InChI is InChI=1S/C34H25N7O14S3/c42-30-13-21(5-8-26(30)38-37-20-3-1-19(2-4-20)36-28-10-7-23(41(45)46)15-33(28)58(53,54)55)35-22-6-9-27(31(43)14-22)39-40-29-16-24(56(47,48)49)11-18-12-25(57(50,51)52)17-32(44)34(18)29/h1-17,35-36,42-44H,(H,47,48,49)(H,50,51,52)(H,53,54,55). The third-order valence-electron chi connectivity index (χ3n) is 7.93. The van der Waals surface area contributed by atoms with E-state index >= 15 is 0 Å². The summed E-state index contributed by atoms with van der Waals surface area (Å²) in [5.41, 5.74) is 0.268. The Hall–Kier alpha value is -7.09. The normalized spacial score (nSPS) is 12.3. The van der Waals surface area contributed by atoms with Gasteiger partial charge in [0.25, 0.3) is 36.0 Å². The van der Waals surface area contributed by atoms with E-state index in [1.165, 1.54) is 60.7 Å². The number of nitrogens with zero attached hydrogens (tertiary/aromatic N) is 5. The molecular weight excluding hydrogens is 827 g/mol. The van der Waals surface area contributed by atoms with Crippen molar-refractivity contribution < 1.29 is 59.2 Å². The Morgan fingerprint density at radius 2 is 1.03 bits per heavy atom. The summed E-state index contributed by atoms with van der Waals surface area (Å²) in [5, 5.41) is 64.0. The summed E-state index contributed by atoms with van der Waals surface area (Å²) in [6.45, 7) is 0. The number of nitro groups is 1. The molecule has 58 heavy (non-hydrogen) atoms. The molecule has 6 aromatic rings. The van der Waals surface area contributed by atoms with Gasteiger partial charge in [-0.15, -0.1) is 15.3 Å². The number of phenolic OH excluding ortho intramolecular Hbond substituents is 3. The molecule has 0 aliphatic carbocycles. The fourth-order valence-electron chi connectivity index (χ4n) is 5.26. The molecule has 0 unspecified atom stereocenters. The average Bonchev–Trinajstić information content (AvgIpc) is 3.13. The van der Waals surface area contributed by atoms with Gasteiger partial charge in [0, 0.05) is 47.4 Å². The Labute approximate surface area is 326 Å². The third kappa shape index (κ3) is 9.29. The van der Waals surface area contributed by atoms with Gasteiger partial charge in [-0.2, -0.15) is 30.4 Å². The fraction of sp³-hybridized carbons (Fsp3) is 0. The van der Waals surface area contributed by atoms with Crippen LogP contribution in [-0.2, 0) is 30.4 Å². The van der Waals surface area contributed by atoms with Crippen molar-refractivity contribution >= 4 is 92.3 Å². The van der Waals surface area contributed by atoms with Crippen LogP contribution in [0.25, 0.3) is 10.8 Å². The van der Waals surface area contributed by atoms with Crippen molar-refractivity contribution in [3.8, 4) is 17.2 Å². The van der Waals surface area contributed by atoms with Gasteiger partial charge in [-0.1, -0.05) is 0 Å². The van der Waals surface area contributed by atoms with Crippen LogP contribution in [-0.4, -0.2) is 59.2 Å². The van der Waals surface area contributed by atoms with Crippen LogP contribution < -0.4 is 10.6 Å². The van der Waals surface area contributed by atoms with Gasteiger partial charge in [0.2, 0.25) is 0 Å². The van der Waals surface area contributed by atoms with Crippen molar-refractivity contribution in [2.24, 2.45) is 20.5 Å². The van der Waals surface area contributed by atoms with Crippen LogP contribution in [0, 0.1) is 10.1 Å². The quantitative estimate of drug-likeness (QED) is 0.0251. The van der Waals surface area contributed by atoms with Crippen LogP contribution >= 0.6 is 0 Å². The van der Waals surface area contributed by atoms with Gasteiger partial charge in [-0.25, -0.2) is 0 Å². The van der Waals surface area contributed by atoms with Gasteiger partial charge in [0.1, 0.15) is 33.5 Å². The first kappa shape index (κ1) is 40.6. The number of phenols is 3. The van der Waals surface area contributed by atoms with E-state index in [1.54, 1.807) is 0 Å². The van der Waals surface area contributed by atoms with Gasteiger partial charge >= 0.3 is 0 Å². The largest absolute Gasteiger partial charge is 0.507 e. The number of anilines is 4. The lowest BCUT2D eigenvalue weighted by Gasteiger charge is -2.10. The predicted octanol–water partition coefficient (Wildman–Crippen LogP) is 7.92. The molecule has 0 radical (unpaired) electrons. The fourth-order valence-corrected chi connectivity index (χ4v) is 7.00. The highest BCUT2D eigenvalue weighted by Crippen LogP contribution is 2.40. The molecule has 0 heterocycles. The number of hydrogen-bond acceptors (Lipinski definition) is 17. The van der Waals surface area contributed by atoms with E-state index in [2.05, 4.69) is 31.1 Å². The van der Waals surface area contributed by atoms with Gasteiger partial charge in [-0.05, 0) is 78.2 Å². The Morgan fingerprint density at radius 3 is 1.55 bits per heavy atom. The molecule has 0 aliphatic heterocycles. The van der Waals surface area contributed by atoms with Gasteiger partial charge in [0.05, 0.1) is 37.2 Å². The maximum absolute atomic E-state index is 11.9. The molecule has 24 heteroatoms. The number of rotatable bonds is 12. The zero-order valence-electron chi connectivity index (χ0n) is 28.7. The van der Waals surface area contributed by atoms with Crippen LogP contribution in [0.5, 0.6) is 17.2 Å². The van der Waals surface area contributed by atoms with E-state index in [-0.39, 0.29) is 39.3 Å². The summed E-state index contributed by atoms with van der Waals surface area (Å²) in [5.74, 6) is -1.43. The second-order valence-electron chi connectivity index (χ2n) is 11.9. The molecule has 0 atom stereocenters. The molecule has 298 valence electrons. The lowest BCUT2D eigenvalue weighted by atomic mass is 10.1. The van der Waals surface area contributed by atoms with Gasteiger partial charge in [-0.3, -0.25) is 23.8 Å². The summed E-state index contributed by atoms with van der Waals surface area (Å²) >= 11 is 0. The monoisotopic (exact) mass is 851 g/mol. The molecule has 0 saturated heterocycles. The number of azo groups is 2. The maximum Gasteiger partial charge on any atom is 0.296 e. The van der Waals surface area contributed by atoms with Crippen molar-refractivity contribution in [3.05, 3.63) is 113 Å². The number of benzene rings is 6. The molecule has 6 aromatic carbocycles. The lowest BCUT2D eigenvalue weighted by molar-refractivity contribution is -0.385. The summed E-state index contributed by atoms with van der Waals surface area (Å²) in [6.07, 6.45) is 0. The van der Waals surface area contributed by atoms with Crippen LogP contribution in [0.3, 0.4) is 0 Å². The second-order valence-corrected chi connectivity index (χ2v) is 16.2. The van der Waals surface area contributed by atoms with Crippen LogP contribution in [0.4, 0.5) is 51.2 Å². The minimum Gasteiger partial charge on any atom is -0.507 e. The summed E-state index contributed by atoms with van der Waals surface area (Å²) in [4.78, 5) is 8.05. The molecule has 0 aromatic heterocycles.